The van der Waals surface area contributed by atoms with Crippen molar-refractivity contribution in [3.05, 3.63) is 70.8 Å². The highest BCUT2D eigenvalue weighted by Gasteiger charge is 2.47. The van der Waals surface area contributed by atoms with E-state index in [1.807, 2.05) is 31.2 Å². The minimum absolute atomic E-state index is 0.0977. The lowest BCUT2D eigenvalue weighted by molar-refractivity contribution is -0.140. The number of rotatable bonds is 6. The van der Waals surface area contributed by atoms with Gasteiger partial charge in [0.2, 0.25) is 0 Å². The molecule has 2 saturated heterocycles. The quantitative estimate of drug-likeness (QED) is 0.436. The van der Waals surface area contributed by atoms with E-state index in [2.05, 4.69) is 0 Å². The van der Waals surface area contributed by atoms with Crippen molar-refractivity contribution in [1.82, 2.24) is 4.90 Å². The van der Waals surface area contributed by atoms with Crippen LogP contribution < -0.4 is 4.74 Å². The topological polar surface area (TPSA) is 76.1 Å². The number of Topliss-reactive ketones (excluding diaryl/α,β-unsaturated/α-hetero) is 1. The van der Waals surface area contributed by atoms with Crippen molar-refractivity contribution in [2.24, 2.45) is 0 Å². The number of hydrogen-bond donors (Lipinski definition) is 1. The number of hydrogen-bond acceptors (Lipinski definition) is 5. The Morgan fingerprint density at radius 1 is 1.19 bits per heavy atom. The van der Waals surface area contributed by atoms with Crippen molar-refractivity contribution in [1.29, 1.82) is 0 Å². The fourth-order valence-electron chi connectivity index (χ4n) is 4.29. The second kappa shape index (κ2) is 8.94. The Hall–Kier alpha value is -3.12. The Balaban J connectivity index is 1.81. The van der Waals surface area contributed by atoms with Crippen LogP contribution in [0.4, 0.5) is 0 Å². The van der Waals surface area contributed by atoms with E-state index in [4.69, 9.17) is 9.47 Å². The van der Waals surface area contributed by atoms with Crippen LogP contribution >= 0.6 is 0 Å². The molecular formula is C25H27NO5. The minimum Gasteiger partial charge on any atom is -0.507 e. The maximum absolute atomic E-state index is 13.1. The minimum atomic E-state index is -0.704. The Bertz CT molecular complexity index is 1000. The van der Waals surface area contributed by atoms with Gasteiger partial charge in [-0.25, -0.2) is 0 Å². The molecule has 2 heterocycles. The number of aliphatic hydroxyl groups is 1. The average Bonchev–Trinajstić information content (AvgIpc) is 3.41. The summed E-state index contributed by atoms with van der Waals surface area (Å²) in [7, 11) is 1.57. The third-order valence-electron chi connectivity index (χ3n) is 6.01. The molecule has 0 aromatic heterocycles. The van der Waals surface area contributed by atoms with Crippen molar-refractivity contribution in [2.75, 3.05) is 20.3 Å². The number of methoxy groups -OCH3 is 1. The van der Waals surface area contributed by atoms with E-state index in [1.165, 1.54) is 4.90 Å². The Morgan fingerprint density at radius 2 is 1.97 bits per heavy atom. The van der Waals surface area contributed by atoms with Crippen LogP contribution in [-0.2, 0) is 20.7 Å². The number of ketones is 1. The van der Waals surface area contributed by atoms with Crippen LogP contribution in [0.25, 0.3) is 5.76 Å². The van der Waals surface area contributed by atoms with Gasteiger partial charge in [-0.05, 0) is 42.5 Å². The fourth-order valence-corrected chi connectivity index (χ4v) is 4.29. The molecule has 2 aliphatic heterocycles. The highest BCUT2D eigenvalue weighted by Crippen LogP contribution is 2.40. The van der Waals surface area contributed by atoms with Crippen LogP contribution in [0.5, 0.6) is 5.75 Å². The molecule has 2 aliphatic rings. The van der Waals surface area contributed by atoms with Crippen LogP contribution in [0.2, 0.25) is 0 Å². The molecule has 2 aromatic carbocycles. The molecule has 2 unspecified atom stereocenters. The lowest BCUT2D eigenvalue weighted by Crippen LogP contribution is -2.36. The van der Waals surface area contributed by atoms with Crippen molar-refractivity contribution in [3.8, 4) is 5.75 Å². The molecule has 162 valence electrons. The smallest absolute Gasteiger partial charge is 0.295 e. The van der Waals surface area contributed by atoms with Gasteiger partial charge < -0.3 is 19.5 Å². The van der Waals surface area contributed by atoms with Crippen LogP contribution in [0.15, 0.2) is 54.1 Å². The standard InChI is InChI=1S/C25H27NO5/c1-3-16-9-11-17(12-10-16)23(27)21-22(18-6-4-7-19(14-18)30-2)26(25(29)24(21)28)15-20-8-5-13-31-20/h4,6-7,9-12,14,20,22,27H,3,5,8,13,15H2,1-2H3/b23-21-. The SMILES string of the molecule is CCc1ccc(/C(O)=C2/C(=O)C(=O)N(CC3CCCO3)C2c2cccc(OC)c2)cc1. The maximum atomic E-state index is 13.1. The van der Waals surface area contributed by atoms with Gasteiger partial charge in [0.05, 0.1) is 24.8 Å². The van der Waals surface area contributed by atoms with E-state index < -0.39 is 17.7 Å². The summed E-state index contributed by atoms with van der Waals surface area (Å²) in [5.74, 6) is -0.839. The highest BCUT2D eigenvalue weighted by atomic mass is 16.5. The summed E-state index contributed by atoms with van der Waals surface area (Å²) in [6.07, 6.45) is 2.53. The molecule has 1 N–H and O–H groups in total. The fraction of sp³-hybridized carbons (Fsp3) is 0.360. The third kappa shape index (κ3) is 4.08. The number of aliphatic hydroxyl groups excluding tert-OH is 1. The first kappa shape index (κ1) is 21.1. The predicted molar refractivity (Wildman–Crippen MR) is 117 cm³/mol. The summed E-state index contributed by atoms with van der Waals surface area (Å²) >= 11 is 0. The first-order valence-electron chi connectivity index (χ1n) is 10.7. The van der Waals surface area contributed by atoms with Gasteiger partial charge >= 0.3 is 0 Å². The number of carbonyl (C=O) groups is 2. The molecule has 0 saturated carbocycles. The molecular weight excluding hydrogens is 394 g/mol. The number of ether oxygens (including phenoxy) is 2. The molecule has 6 heteroatoms. The zero-order valence-electron chi connectivity index (χ0n) is 17.8. The number of likely N-dealkylation sites (tertiary alicyclic amines) is 1. The van der Waals surface area contributed by atoms with E-state index in [0.717, 1.165) is 24.8 Å². The van der Waals surface area contributed by atoms with Gasteiger partial charge in [-0.15, -0.1) is 0 Å². The van der Waals surface area contributed by atoms with Crippen molar-refractivity contribution >= 4 is 17.4 Å². The lowest BCUT2D eigenvalue weighted by Gasteiger charge is -2.27. The van der Waals surface area contributed by atoms with Gasteiger partial charge in [0.1, 0.15) is 11.5 Å². The zero-order chi connectivity index (χ0) is 22.0. The molecule has 31 heavy (non-hydrogen) atoms. The van der Waals surface area contributed by atoms with E-state index >= 15 is 0 Å². The van der Waals surface area contributed by atoms with Gasteiger partial charge in [0, 0.05) is 18.7 Å². The van der Waals surface area contributed by atoms with Gasteiger partial charge in [-0.3, -0.25) is 9.59 Å². The largest absolute Gasteiger partial charge is 0.507 e. The van der Waals surface area contributed by atoms with Crippen LogP contribution in [0.1, 0.15) is 42.5 Å². The number of benzene rings is 2. The monoisotopic (exact) mass is 421 g/mol. The molecule has 0 spiro atoms. The van der Waals surface area contributed by atoms with E-state index in [1.54, 1.807) is 31.4 Å². The first-order valence-corrected chi connectivity index (χ1v) is 10.7. The summed E-state index contributed by atoms with van der Waals surface area (Å²) in [4.78, 5) is 27.6. The second-order valence-electron chi connectivity index (χ2n) is 7.91. The van der Waals surface area contributed by atoms with Crippen LogP contribution in [0.3, 0.4) is 0 Å². The molecule has 4 rings (SSSR count). The molecule has 2 aromatic rings. The summed E-state index contributed by atoms with van der Waals surface area (Å²) < 4.78 is 11.1. The molecule has 2 fully saturated rings. The number of carbonyl (C=O) groups excluding carboxylic acids is 2. The summed E-state index contributed by atoms with van der Waals surface area (Å²) in [5.41, 5.74) is 2.45. The Kier molecular flexibility index (Phi) is 6.09. The van der Waals surface area contributed by atoms with Crippen LogP contribution in [-0.4, -0.2) is 48.1 Å². The molecule has 1 amide bonds. The summed E-state index contributed by atoms with van der Waals surface area (Å²) in [6, 6.07) is 14.0. The van der Waals surface area contributed by atoms with Crippen molar-refractivity contribution < 1.29 is 24.2 Å². The second-order valence-corrected chi connectivity index (χ2v) is 7.91. The van der Waals surface area contributed by atoms with Crippen molar-refractivity contribution in [2.45, 2.75) is 38.3 Å². The predicted octanol–water partition coefficient (Wildman–Crippen LogP) is 3.86. The molecule has 0 radical (unpaired) electrons. The van der Waals surface area contributed by atoms with Gasteiger partial charge in [-0.1, -0.05) is 43.3 Å². The highest BCUT2D eigenvalue weighted by molar-refractivity contribution is 6.46. The number of amides is 1. The van der Waals surface area contributed by atoms with E-state index in [0.29, 0.717) is 30.0 Å². The molecule has 0 aliphatic carbocycles. The van der Waals surface area contributed by atoms with E-state index in [-0.39, 0.29) is 17.4 Å². The van der Waals surface area contributed by atoms with Gasteiger partial charge in [0.15, 0.2) is 0 Å². The summed E-state index contributed by atoms with van der Waals surface area (Å²) in [5, 5.41) is 11.1. The zero-order valence-corrected chi connectivity index (χ0v) is 17.8. The average molecular weight is 421 g/mol. The molecule has 6 nitrogen and oxygen atoms in total. The number of aryl methyl sites for hydroxylation is 1. The van der Waals surface area contributed by atoms with Crippen molar-refractivity contribution in [3.63, 3.8) is 0 Å². The van der Waals surface area contributed by atoms with E-state index in [9.17, 15) is 14.7 Å². The van der Waals surface area contributed by atoms with Gasteiger partial charge in [0.25, 0.3) is 11.7 Å². The van der Waals surface area contributed by atoms with Gasteiger partial charge in [-0.2, -0.15) is 0 Å². The van der Waals surface area contributed by atoms with Crippen LogP contribution in [0, 0.1) is 0 Å². The lowest BCUT2D eigenvalue weighted by atomic mass is 9.94. The number of nitrogens with zero attached hydrogens (tertiary/aromatic N) is 1. The maximum Gasteiger partial charge on any atom is 0.295 e. The molecule has 0 bridgehead atoms. The Morgan fingerprint density at radius 3 is 2.61 bits per heavy atom. The summed E-state index contributed by atoms with van der Waals surface area (Å²) in [6.45, 7) is 3.01. The molecule has 2 atom stereocenters. The first-order chi connectivity index (χ1) is 15.0. The Labute approximate surface area is 182 Å². The third-order valence-corrected chi connectivity index (χ3v) is 6.01. The normalized spacial score (nSPS) is 22.8.